The first-order chi connectivity index (χ1) is 12.0. The van der Waals surface area contributed by atoms with Crippen LogP contribution in [0.15, 0.2) is 21.4 Å². The van der Waals surface area contributed by atoms with Crippen LogP contribution >= 0.6 is 23.1 Å². The highest BCUT2D eigenvalue weighted by Gasteiger charge is 2.27. The van der Waals surface area contributed by atoms with Crippen LogP contribution < -0.4 is 5.56 Å². The highest BCUT2D eigenvalue weighted by Crippen LogP contribution is 2.27. The molecule has 1 saturated carbocycles. The van der Waals surface area contributed by atoms with E-state index in [-0.39, 0.29) is 16.7 Å². The monoisotopic (exact) mass is 379 g/mol. The summed E-state index contributed by atoms with van der Waals surface area (Å²) in [5.41, 5.74) is 0.716. The fourth-order valence-corrected chi connectivity index (χ4v) is 5.29. The number of carbonyl (C=O) groups excluding carboxylic acids is 1. The van der Waals surface area contributed by atoms with Gasteiger partial charge in [-0.05, 0) is 38.1 Å². The van der Waals surface area contributed by atoms with Crippen LogP contribution in [0.5, 0.6) is 0 Å². The number of nitrogens with zero attached hydrogens (tertiary/aromatic N) is 3. The summed E-state index contributed by atoms with van der Waals surface area (Å²) in [7, 11) is 1.91. The molecular weight excluding hydrogens is 354 g/mol. The molecule has 0 radical (unpaired) electrons. The maximum atomic E-state index is 12.8. The van der Waals surface area contributed by atoms with Crippen LogP contribution in [0, 0.1) is 0 Å². The second kappa shape index (κ2) is 7.91. The van der Waals surface area contributed by atoms with Gasteiger partial charge in [0.15, 0.2) is 5.16 Å². The normalized spacial score (nSPS) is 16.9. The second-order valence-electron chi connectivity index (χ2n) is 6.58. The Morgan fingerprint density at radius 1 is 1.44 bits per heavy atom. The number of thiophene rings is 1. The van der Waals surface area contributed by atoms with Crippen molar-refractivity contribution in [3.63, 3.8) is 0 Å². The fourth-order valence-electron chi connectivity index (χ4n) is 3.44. The summed E-state index contributed by atoms with van der Waals surface area (Å²) in [4.78, 5) is 32.0. The summed E-state index contributed by atoms with van der Waals surface area (Å²) < 4.78 is 2.36. The molecule has 0 bridgehead atoms. The Kier molecular flexibility index (Phi) is 5.84. The minimum atomic E-state index is -0.257. The Morgan fingerprint density at radius 2 is 2.16 bits per heavy atom. The van der Waals surface area contributed by atoms with E-state index in [0.717, 1.165) is 18.4 Å². The van der Waals surface area contributed by atoms with Gasteiger partial charge in [-0.25, -0.2) is 4.98 Å². The molecule has 1 aliphatic carbocycles. The van der Waals surface area contributed by atoms with E-state index >= 15 is 0 Å². The van der Waals surface area contributed by atoms with Gasteiger partial charge in [-0.15, -0.1) is 11.3 Å². The molecular formula is C18H25N3O2S2. The van der Waals surface area contributed by atoms with E-state index in [1.54, 1.807) is 4.57 Å². The van der Waals surface area contributed by atoms with Crippen LogP contribution in [-0.4, -0.2) is 38.7 Å². The number of rotatable bonds is 5. The molecule has 25 heavy (non-hydrogen) atoms. The summed E-state index contributed by atoms with van der Waals surface area (Å²) >= 11 is 2.81. The van der Waals surface area contributed by atoms with Gasteiger partial charge in [-0.3, -0.25) is 14.2 Å². The van der Waals surface area contributed by atoms with E-state index in [1.165, 1.54) is 42.4 Å². The summed E-state index contributed by atoms with van der Waals surface area (Å²) in [6.45, 7) is 4.41. The molecule has 0 saturated heterocycles. The molecule has 2 heterocycles. The molecule has 1 atom stereocenters. The average Bonchev–Trinajstić information content (AvgIpc) is 3.10. The molecule has 1 unspecified atom stereocenters. The van der Waals surface area contributed by atoms with Crippen molar-refractivity contribution in [1.82, 2.24) is 14.5 Å². The molecule has 1 aliphatic rings. The number of carbonyl (C=O) groups is 1. The predicted molar refractivity (Wildman–Crippen MR) is 105 cm³/mol. The zero-order chi connectivity index (χ0) is 18.0. The molecule has 7 heteroatoms. The van der Waals surface area contributed by atoms with Gasteiger partial charge in [0.25, 0.3) is 5.56 Å². The molecule has 5 nitrogen and oxygen atoms in total. The molecule has 0 N–H and O–H groups in total. The van der Waals surface area contributed by atoms with Gasteiger partial charge < -0.3 is 4.90 Å². The Balaban J connectivity index is 1.80. The van der Waals surface area contributed by atoms with Gasteiger partial charge in [0.1, 0.15) is 4.70 Å². The van der Waals surface area contributed by atoms with Crippen LogP contribution in [0.25, 0.3) is 10.2 Å². The highest BCUT2D eigenvalue weighted by molar-refractivity contribution is 8.00. The van der Waals surface area contributed by atoms with Crippen molar-refractivity contribution in [3.05, 3.63) is 21.8 Å². The van der Waals surface area contributed by atoms with Crippen LogP contribution in [0.1, 0.15) is 46.0 Å². The Bertz CT molecular complexity index is 808. The second-order valence-corrected chi connectivity index (χ2v) is 8.80. The maximum Gasteiger partial charge on any atom is 0.272 e. The third kappa shape index (κ3) is 3.77. The zero-order valence-corrected chi connectivity index (χ0v) is 16.7. The van der Waals surface area contributed by atoms with Crippen molar-refractivity contribution in [2.45, 2.75) is 68.9 Å². The van der Waals surface area contributed by atoms with Crippen molar-refractivity contribution >= 4 is 39.2 Å². The predicted octanol–water partition coefficient (Wildman–Crippen LogP) is 3.75. The van der Waals surface area contributed by atoms with Crippen molar-refractivity contribution < 1.29 is 4.79 Å². The molecule has 1 amide bonds. The third-order valence-electron chi connectivity index (χ3n) is 4.95. The smallest absolute Gasteiger partial charge is 0.272 e. The first-order valence-electron chi connectivity index (χ1n) is 8.94. The molecule has 0 spiro atoms. The van der Waals surface area contributed by atoms with E-state index in [9.17, 15) is 9.59 Å². The summed E-state index contributed by atoms with van der Waals surface area (Å²) in [5, 5.41) is 2.27. The van der Waals surface area contributed by atoms with Gasteiger partial charge >= 0.3 is 0 Å². The molecule has 0 aliphatic heterocycles. The van der Waals surface area contributed by atoms with Crippen LogP contribution in [0.2, 0.25) is 0 Å². The Hall–Kier alpha value is -1.34. The van der Waals surface area contributed by atoms with E-state index < -0.39 is 0 Å². The Morgan fingerprint density at radius 3 is 2.84 bits per heavy atom. The van der Waals surface area contributed by atoms with E-state index in [4.69, 9.17) is 0 Å². The first-order valence-corrected chi connectivity index (χ1v) is 10.7. The maximum absolute atomic E-state index is 12.8. The molecule has 0 aromatic carbocycles. The van der Waals surface area contributed by atoms with Crippen LogP contribution in [0.4, 0.5) is 0 Å². The largest absolute Gasteiger partial charge is 0.342 e. The third-order valence-corrected chi connectivity index (χ3v) is 6.92. The summed E-state index contributed by atoms with van der Waals surface area (Å²) in [6, 6.07) is 2.22. The summed E-state index contributed by atoms with van der Waals surface area (Å²) in [5.74, 6) is 0.124. The molecule has 2 aromatic rings. The Labute approximate surface area is 156 Å². The minimum Gasteiger partial charge on any atom is -0.342 e. The lowest BCUT2D eigenvalue weighted by Crippen LogP contribution is -2.42. The molecule has 136 valence electrons. The lowest BCUT2D eigenvalue weighted by atomic mass is 9.94. The van der Waals surface area contributed by atoms with Crippen molar-refractivity contribution in [1.29, 1.82) is 0 Å². The van der Waals surface area contributed by atoms with Gasteiger partial charge in [-0.1, -0.05) is 31.0 Å². The average molecular weight is 380 g/mol. The quantitative estimate of drug-likeness (QED) is 0.586. The lowest BCUT2D eigenvalue weighted by Gasteiger charge is -2.32. The number of hydrogen-bond acceptors (Lipinski definition) is 5. The number of hydrogen-bond donors (Lipinski definition) is 0. The molecule has 2 aromatic heterocycles. The van der Waals surface area contributed by atoms with Crippen molar-refractivity contribution in [3.8, 4) is 0 Å². The van der Waals surface area contributed by atoms with Gasteiger partial charge in [0.2, 0.25) is 5.91 Å². The highest BCUT2D eigenvalue weighted by atomic mass is 32.2. The fraction of sp³-hybridized carbons (Fsp3) is 0.611. The van der Waals surface area contributed by atoms with Crippen molar-refractivity contribution in [2.75, 3.05) is 7.05 Å². The van der Waals surface area contributed by atoms with Gasteiger partial charge in [0, 0.05) is 19.6 Å². The summed E-state index contributed by atoms with van der Waals surface area (Å²) in [6.07, 6.45) is 5.87. The number of fused-ring (bicyclic) bond motifs is 1. The number of thioether (sulfide) groups is 1. The van der Waals surface area contributed by atoms with Crippen LogP contribution in [0.3, 0.4) is 0 Å². The zero-order valence-electron chi connectivity index (χ0n) is 15.0. The van der Waals surface area contributed by atoms with Crippen LogP contribution in [-0.2, 0) is 11.3 Å². The van der Waals surface area contributed by atoms with Gasteiger partial charge in [-0.2, -0.15) is 0 Å². The molecule has 1 fully saturated rings. The minimum absolute atomic E-state index is 0.00900. The standard InChI is InChI=1S/C18H25N3O2S2/c1-4-21-17(23)15-14(10-11-24-15)19-18(21)25-12(2)16(22)20(3)13-8-6-5-7-9-13/h10-13H,4-9H2,1-3H3. The SMILES string of the molecule is CCn1c(SC(C)C(=O)N(C)C2CCCCC2)nc2ccsc2c1=O. The van der Waals surface area contributed by atoms with Gasteiger partial charge in [0.05, 0.1) is 10.8 Å². The molecule has 3 rings (SSSR count). The lowest BCUT2D eigenvalue weighted by molar-refractivity contribution is -0.131. The van der Waals surface area contributed by atoms with Crippen molar-refractivity contribution in [2.24, 2.45) is 0 Å². The van der Waals surface area contributed by atoms with E-state index in [2.05, 4.69) is 4.98 Å². The number of aromatic nitrogens is 2. The van der Waals surface area contributed by atoms with E-state index in [1.807, 2.05) is 37.2 Å². The number of amides is 1. The van der Waals surface area contributed by atoms with E-state index in [0.29, 0.717) is 22.4 Å². The topological polar surface area (TPSA) is 55.2 Å². The first kappa shape index (κ1) is 18.5.